The van der Waals surface area contributed by atoms with Crippen molar-refractivity contribution in [2.24, 2.45) is 5.41 Å². The summed E-state index contributed by atoms with van der Waals surface area (Å²) in [7, 11) is 0. The summed E-state index contributed by atoms with van der Waals surface area (Å²) >= 11 is 1.67. The van der Waals surface area contributed by atoms with Crippen LogP contribution in [0.3, 0.4) is 0 Å². The fraction of sp³-hybridized carbons (Fsp3) is 0.481. The van der Waals surface area contributed by atoms with E-state index in [1.807, 2.05) is 38.1 Å². The summed E-state index contributed by atoms with van der Waals surface area (Å²) in [6.07, 6.45) is 1.29. The number of hydrogen-bond acceptors (Lipinski definition) is 6. The van der Waals surface area contributed by atoms with E-state index in [1.165, 1.54) is 6.92 Å². The van der Waals surface area contributed by atoms with Crippen LogP contribution in [0.25, 0.3) is 0 Å². The van der Waals surface area contributed by atoms with E-state index in [0.29, 0.717) is 35.5 Å². The average molecular weight is 489 g/mol. The predicted molar refractivity (Wildman–Crippen MR) is 135 cm³/mol. The van der Waals surface area contributed by atoms with E-state index in [2.05, 4.69) is 0 Å². The van der Waals surface area contributed by atoms with E-state index < -0.39 is 17.5 Å². The summed E-state index contributed by atoms with van der Waals surface area (Å²) in [6.45, 7) is 9.34. The van der Waals surface area contributed by atoms with E-state index in [4.69, 9.17) is 9.84 Å². The van der Waals surface area contributed by atoms with Crippen molar-refractivity contribution in [2.75, 3.05) is 12.4 Å². The topological polar surface area (TPSA) is 104 Å². The number of phenolic OH excluding ortho intramolecular Hbond substituents is 1. The monoisotopic (exact) mass is 488 g/mol. The van der Waals surface area contributed by atoms with Crippen molar-refractivity contribution in [3.05, 3.63) is 52.6 Å². The van der Waals surface area contributed by atoms with Crippen molar-refractivity contribution in [1.29, 1.82) is 0 Å². The number of aryl methyl sites for hydroxylation is 1. The molecule has 0 saturated carbocycles. The minimum Gasteiger partial charge on any atom is -0.507 e. The van der Waals surface area contributed by atoms with Gasteiger partial charge in [-0.25, -0.2) is 0 Å². The Hall–Kier alpha value is -2.51. The zero-order valence-corrected chi connectivity index (χ0v) is 21.5. The van der Waals surface area contributed by atoms with Gasteiger partial charge in [0.1, 0.15) is 11.5 Å². The van der Waals surface area contributed by atoms with Crippen molar-refractivity contribution in [2.45, 2.75) is 71.3 Å². The number of aliphatic carboxylic acids is 1. The first kappa shape index (κ1) is 27.7. The van der Waals surface area contributed by atoms with E-state index in [0.717, 1.165) is 29.1 Å². The molecule has 0 radical (unpaired) electrons. The van der Waals surface area contributed by atoms with Crippen LogP contribution in [0.15, 0.2) is 35.2 Å². The Morgan fingerprint density at radius 2 is 1.82 bits per heavy atom. The number of thioether (sulfide) groups is 1. The first-order valence-electron chi connectivity index (χ1n) is 11.6. The zero-order valence-electron chi connectivity index (χ0n) is 20.7. The molecule has 0 heterocycles. The number of ether oxygens (including phenoxy) is 1. The standard InChI is InChI=1S/C27H36O6S/c1-6-8-21-24(31)22(18(3)28)15-17(2)25(21)33-13-7-14-34-20-11-9-19(10-12-20)26(32)27(4,5)16-23(29)30/h9-12,15,26,31-32H,6-8,13-14,16H2,1-5H3,(H,29,30). The van der Waals surface area contributed by atoms with Crippen LogP contribution < -0.4 is 4.74 Å². The van der Waals surface area contributed by atoms with Gasteiger partial charge in [0.2, 0.25) is 0 Å². The molecule has 0 aliphatic rings. The second-order valence-corrected chi connectivity index (χ2v) is 10.5. The molecule has 7 heteroatoms. The maximum absolute atomic E-state index is 11.8. The van der Waals surface area contributed by atoms with Crippen LogP contribution in [-0.4, -0.2) is 39.4 Å². The first-order valence-corrected chi connectivity index (χ1v) is 12.6. The summed E-state index contributed by atoms with van der Waals surface area (Å²) in [6, 6.07) is 9.24. The number of Topliss-reactive ketones (excluding diaryl/α,β-unsaturated/α-hetero) is 1. The van der Waals surface area contributed by atoms with Crippen LogP contribution in [-0.2, 0) is 11.2 Å². The molecule has 6 nitrogen and oxygen atoms in total. The van der Waals surface area contributed by atoms with E-state index in [9.17, 15) is 19.8 Å². The summed E-state index contributed by atoms with van der Waals surface area (Å²) in [5.41, 5.74) is 1.82. The number of carboxylic acid groups (broad SMARTS) is 1. The lowest BCUT2D eigenvalue weighted by molar-refractivity contribution is -0.141. The Morgan fingerprint density at radius 3 is 2.38 bits per heavy atom. The maximum Gasteiger partial charge on any atom is 0.303 e. The lowest BCUT2D eigenvalue weighted by Crippen LogP contribution is -2.25. The molecule has 2 aromatic rings. The Kier molecular flexibility index (Phi) is 10.0. The smallest absolute Gasteiger partial charge is 0.303 e. The van der Waals surface area contributed by atoms with Gasteiger partial charge in [0.25, 0.3) is 0 Å². The quantitative estimate of drug-likeness (QED) is 0.182. The van der Waals surface area contributed by atoms with Gasteiger partial charge in [0, 0.05) is 21.6 Å². The molecule has 0 aliphatic carbocycles. The third-order valence-corrected chi connectivity index (χ3v) is 6.86. The van der Waals surface area contributed by atoms with Gasteiger partial charge in [-0.05, 0) is 56.0 Å². The Bertz CT molecular complexity index is 997. The van der Waals surface area contributed by atoms with Gasteiger partial charge < -0.3 is 20.1 Å². The number of rotatable bonds is 13. The highest BCUT2D eigenvalue weighted by Gasteiger charge is 2.31. The van der Waals surface area contributed by atoms with Crippen molar-refractivity contribution < 1.29 is 29.6 Å². The molecule has 34 heavy (non-hydrogen) atoms. The minimum absolute atomic E-state index is 0.0261. The minimum atomic E-state index is -0.930. The molecule has 0 spiro atoms. The Balaban J connectivity index is 1.93. The van der Waals surface area contributed by atoms with Crippen LogP contribution in [0.5, 0.6) is 11.5 Å². The van der Waals surface area contributed by atoms with Gasteiger partial charge in [-0.2, -0.15) is 0 Å². The van der Waals surface area contributed by atoms with Gasteiger partial charge in [-0.1, -0.05) is 39.3 Å². The number of ketones is 1. The number of hydrogen-bond donors (Lipinski definition) is 3. The SMILES string of the molecule is CCCc1c(O)c(C(C)=O)cc(C)c1OCCCSc1ccc(C(O)C(C)(C)CC(=O)O)cc1. The molecule has 1 atom stereocenters. The molecule has 186 valence electrons. The Labute approximate surface area is 206 Å². The van der Waals surface area contributed by atoms with Crippen molar-refractivity contribution in [1.82, 2.24) is 0 Å². The fourth-order valence-corrected chi connectivity index (χ4v) is 4.74. The first-order chi connectivity index (χ1) is 16.0. The molecule has 0 fully saturated rings. The number of carbonyl (C=O) groups is 2. The highest BCUT2D eigenvalue weighted by Crippen LogP contribution is 2.38. The molecule has 2 rings (SSSR count). The maximum atomic E-state index is 11.8. The second-order valence-electron chi connectivity index (χ2n) is 9.28. The molecular weight excluding hydrogens is 452 g/mol. The molecule has 0 amide bonds. The van der Waals surface area contributed by atoms with Gasteiger partial charge >= 0.3 is 5.97 Å². The summed E-state index contributed by atoms with van der Waals surface area (Å²) < 4.78 is 6.03. The molecule has 0 aromatic heterocycles. The van der Waals surface area contributed by atoms with Crippen molar-refractivity contribution >= 4 is 23.5 Å². The molecule has 3 N–H and O–H groups in total. The third-order valence-electron chi connectivity index (χ3n) is 5.76. The van der Waals surface area contributed by atoms with Crippen molar-refractivity contribution in [3.8, 4) is 11.5 Å². The molecule has 1 unspecified atom stereocenters. The number of carboxylic acids is 1. The number of aliphatic hydroxyl groups is 1. The normalized spacial score (nSPS) is 12.4. The largest absolute Gasteiger partial charge is 0.507 e. The number of benzene rings is 2. The van der Waals surface area contributed by atoms with Gasteiger partial charge in [-0.3, -0.25) is 9.59 Å². The second kappa shape index (κ2) is 12.3. The van der Waals surface area contributed by atoms with Gasteiger partial charge in [0.15, 0.2) is 5.78 Å². The highest BCUT2D eigenvalue weighted by molar-refractivity contribution is 7.99. The van der Waals surface area contributed by atoms with Crippen LogP contribution in [0.4, 0.5) is 0 Å². The summed E-state index contributed by atoms with van der Waals surface area (Å²) in [4.78, 5) is 23.9. The van der Waals surface area contributed by atoms with Crippen LogP contribution in [0, 0.1) is 12.3 Å². The third kappa shape index (κ3) is 7.24. The fourth-order valence-electron chi connectivity index (χ4n) is 3.92. The molecular formula is C27H36O6S. The van der Waals surface area contributed by atoms with E-state index >= 15 is 0 Å². The number of phenols is 1. The lowest BCUT2D eigenvalue weighted by Gasteiger charge is -2.29. The zero-order chi connectivity index (χ0) is 25.5. The van der Waals surface area contributed by atoms with Crippen LogP contribution in [0.1, 0.15) is 80.1 Å². The van der Waals surface area contributed by atoms with Crippen LogP contribution in [0.2, 0.25) is 0 Å². The number of carbonyl (C=O) groups excluding carboxylic acids is 1. The summed E-state index contributed by atoms with van der Waals surface area (Å²) in [5.74, 6) is 0.423. The predicted octanol–water partition coefficient (Wildman–Crippen LogP) is 5.95. The van der Waals surface area contributed by atoms with Crippen molar-refractivity contribution in [3.63, 3.8) is 0 Å². The molecule has 0 aliphatic heterocycles. The molecule has 0 bridgehead atoms. The Morgan fingerprint density at radius 1 is 1.18 bits per heavy atom. The van der Waals surface area contributed by atoms with Gasteiger partial charge in [-0.15, -0.1) is 11.8 Å². The molecule has 0 saturated heterocycles. The van der Waals surface area contributed by atoms with Gasteiger partial charge in [0.05, 0.1) is 24.7 Å². The average Bonchev–Trinajstić information content (AvgIpc) is 2.76. The van der Waals surface area contributed by atoms with E-state index in [-0.39, 0.29) is 18.0 Å². The highest BCUT2D eigenvalue weighted by atomic mass is 32.2. The number of aromatic hydroxyl groups is 1. The summed E-state index contributed by atoms with van der Waals surface area (Å²) in [5, 5.41) is 30.2. The van der Waals surface area contributed by atoms with E-state index in [1.54, 1.807) is 31.7 Å². The number of aliphatic hydroxyl groups excluding tert-OH is 1. The molecule has 2 aromatic carbocycles. The lowest BCUT2D eigenvalue weighted by atomic mass is 9.80. The van der Waals surface area contributed by atoms with Crippen LogP contribution >= 0.6 is 11.8 Å².